The topological polar surface area (TPSA) is 52.3 Å². The van der Waals surface area contributed by atoms with Crippen LogP contribution in [0.25, 0.3) is 0 Å². The van der Waals surface area contributed by atoms with Gasteiger partial charge in [-0.1, -0.05) is 23.7 Å². The Balaban J connectivity index is 2.01. The Bertz CT molecular complexity index is 599. The first-order valence-electron chi connectivity index (χ1n) is 5.53. The maximum absolute atomic E-state index is 12.7. The Morgan fingerprint density at radius 3 is 2.53 bits per heavy atom. The summed E-state index contributed by atoms with van der Waals surface area (Å²) in [5.41, 5.74) is 6.95. The zero-order valence-corrected chi connectivity index (χ0v) is 10.7. The molecule has 0 bridgehead atoms. The first kappa shape index (κ1) is 13.4. The normalized spacial score (nSPS) is 10.2. The first-order chi connectivity index (χ1) is 9.06. The van der Waals surface area contributed by atoms with E-state index in [0.29, 0.717) is 21.8 Å². The molecular weight excluding hydrogens is 269 g/mol. The van der Waals surface area contributed by atoms with Gasteiger partial charge in [-0.3, -0.25) is 0 Å². The van der Waals surface area contributed by atoms with E-state index >= 15 is 0 Å². The SMILES string of the molecule is Nc1cc(C(=O)OCc2ccc(F)cc2)ccc1Cl. The maximum Gasteiger partial charge on any atom is 0.338 e. The van der Waals surface area contributed by atoms with Crippen molar-refractivity contribution in [1.29, 1.82) is 0 Å². The molecule has 0 saturated heterocycles. The van der Waals surface area contributed by atoms with Gasteiger partial charge >= 0.3 is 5.97 Å². The molecule has 0 heterocycles. The number of hydrogen-bond acceptors (Lipinski definition) is 3. The Morgan fingerprint density at radius 2 is 1.89 bits per heavy atom. The van der Waals surface area contributed by atoms with Crippen LogP contribution in [0.3, 0.4) is 0 Å². The van der Waals surface area contributed by atoms with E-state index in [2.05, 4.69) is 0 Å². The van der Waals surface area contributed by atoms with Crippen LogP contribution in [0.1, 0.15) is 15.9 Å². The molecule has 98 valence electrons. The molecular formula is C14H11ClFNO2. The van der Waals surface area contributed by atoms with Crippen molar-refractivity contribution in [3.05, 3.63) is 64.4 Å². The predicted octanol–water partition coefficient (Wildman–Crippen LogP) is 3.42. The summed E-state index contributed by atoms with van der Waals surface area (Å²) in [6, 6.07) is 10.2. The van der Waals surface area contributed by atoms with E-state index in [-0.39, 0.29) is 12.4 Å². The van der Waals surface area contributed by atoms with Crippen LogP contribution in [0, 0.1) is 5.82 Å². The number of halogens is 2. The third-order valence-corrected chi connectivity index (χ3v) is 2.86. The molecule has 0 atom stereocenters. The molecule has 5 heteroatoms. The van der Waals surface area contributed by atoms with E-state index in [1.54, 1.807) is 12.1 Å². The fourth-order valence-corrected chi connectivity index (χ4v) is 1.60. The highest BCUT2D eigenvalue weighted by molar-refractivity contribution is 6.33. The largest absolute Gasteiger partial charge is 0.457 e. The summed E-state index contributed by atoms with van der Waals surface area (Å²) in [4.78, 5) is 11.8. The molecule has 0 spiro atoms. The van der Waals surface area contributed by atoms with Crippen LogP contribution in [0.4, 0.5) is 10.1 Å². The minimum atomic E-state index is -0.507. The minimum absolute atomic E-state index is 0.0711. The molecule has 0 unspecified atom stereocenters. The Hall–Kier alpha value is -2.07. The van der Waals surface area contributed by atoms with Gasteiger partial charge in [0, 0.05) is 0 Å². The van der Waals surface area contributed by atoms with Gasteiger partial charge in [0.1, 0.15) is 12.4 Å². The molecule has 2 aromatic carbocycles. The van der Waals surface area contributed by atoms with Crippen molar-refractivity contribution in [2.24, 2.45) is 0 Å². The summed E-state index contributed by atoms with van der Waals surface area (Å²) in [6.45, 7) is 0.0711. The zero-order valence-electron chi connectivity index (χ0n) is 9.90. The van der Waals surface area contributed by atoms with E-state index < -0.39 is 5.97 Å². The van der Waals surface area contributed by atoms with Crippen molar-refractivity contribution >= 4 is 23.3 Å². The molecule has 0 radical (unpaired) electrons. The smallest absolute Gasteiger partial charge is 0.338 e. The van der Waals surface area contributed by atoms with Gasteiger partial charge < -0.3 is 10.5 Å². The summed E-state index contributed by atoms with van der Waals surface area (Å²) in [5, 5.41) is 0.384. The lowest BCUT2D eigenvalue weighted by Crippen LogP contribution is -2.06. The van der Waals surface area contributed by atoms with Gasteiger partial charge in [0.25, 0.3) is 0 Å². The predicted molar refractivity (Wildman–Crippen MR) is 71.4 cm³/mol. The zero-order chi connectivity index (χ0) is 13.8. The number of ether oxygens (including phenoxy) is 1. The second-order valence-electron chi connectivity index (χ2n) is 3.94. The molecule has 2 rings (SSSR count). The lowest BCUT2D eigenvalue weighted by molar-refractivity contribution is 0.0473. The number of hydrogen-bond donors (Lipinski definition) is 1. The Kier molecular flexibility index (Phi) is 4.02. The second kappa shape index (κ2) is 5.71. The summed E-state index contributed by atoms with van der Waals surface area (Å²) in [6.07, 6.45) is 0. The summed E-state index contributed by atoms with van der Waals surface area (Å²) < 4.78 is 17.8. The van der Waals surface area contributed by atoms with Gasteiger partial charge in [-0.05, 0) is 35.9 Å². The van der Waals surface area contributed by atoms with E-state index in [1.807, 2.05) is 0 Å². The lowest BCUT2D eigenvalue weighted by atomic mass is 10.2. The number of carbonyl (C=O) groups excluding carboxylic acids is 1. The molecule has 0 saturated carbocycles. The molecule has 19 heavy (non-hydrogen) atoms. The van der Waals surface area contributed by atoms with E-state index in [0.717, 1.165) is 0 Å². The molecule has 3 nitrogen and oxygen atoms in total. The first-order valence-corrected chi connectivity index (χ1v) is 5.90. The number of nitrogen functional groups attached to an aromatic ring is 1. The van der Waals surface area contributed by atoms with Crippen LogP contribution < -0.4 is 5.73 Å². The average molecular weight is 280 g/mol. The van der Waals surface area contributed by atoms with Gasteiger partial charge in [-0.2, -0.15) is 0 Å². The van der Waals surface area contributed by atoms with Crippen LogP contribution in [-0.4, -0.2) is 5.97 Å². The van der Waals surface area contributed by atoms with E-state index in [9.17, 15) is 9.18 Å². The third kappa shape index (κ3) is 3.45. The van der Waals surface area contributed by atoms with Crippen molar-refractivity contribution in [2.75, 3.05) is 5.73 Å². The highest BCUT2D eigenvalue weighted by atomic mass is 35.5. The number of esters is 1. The molecule has 2 N–H and O–H groups in total. The van der Waals surface area contributed by atoms with Crippen LogP contribution in [0.15, 0.2) is 42.5 Å². The average Bonchev–Trinajstić information content (AvgIpc) is 2.41. The summed E-state index contributed by atoms with van der Waals surface area (Å²) in [7, 11) is 0. The minimum Gasteiger partial charge on any atom is -0.457 e. The van der Waals surface area contributed by atoms with E-state index in [1.165, 1.54) is 30.3 Å². The number of rotatable bonds is 3. The number of anilines is 1. The Labute approximate surface area is 114 Å². The van der Waals surface area contributed by atoms with Crippen LogP contribution in [0.2, 0.25) is 5.02 Å². The fraction of sp³-hybridized carbons (Fsp3) is 0.0714. The quantitative estimate of drug-likeness (QED) is 0.692. The lowest BCUT2D eigenvalue weighted by Gasteiger charge is -2.06. The monoisotopic (exact) mass is 279 g/mol. The number of benzene rings is 2. The van der Waals surface area contributed by atoms with Crippen molar-refractivity contribution < 1.29 is 13.9 Å². The number of carbonyl (C=O) groups is 1. The van der Waals surface area contributed by atoms with Crippen LogP contribution >= 0.6 is 11.6 Å². The molecule has 0 aliphatic rings. The van der Waals surface area contributed by atoms with Gasteiger partial charge in [-0.15, -0.1) is 0 Å². The summed E-state index contributed by atoms with van der Waals surface area (Å²) in [5.74, 6) is -0.840. The molecule has 0 amide bonds. The van der Waals surface area contributed by atoms with Crippen molar-refractivity contribution in [3.63, 3.8) is 0 Å². The highest BCUT2D eigenvalue weighted by Crippen LogP contribution is 2.20. The van der Waals surface area contributed by atoms with Crippen molar-refractivity contribution in [2.45, 2.75) is 6.61 Å². The van der Waals surface area contributed by atoms with Gasteiger partial charge in [0.05, 0.1) is 16.3 Å². The molecule has 0 aliphatic heterocycles. The fourth-order valence-electron chi connectivity index (χ4n) is 1.48. The standard InChI is InChI=1S/C14H11ClFNO2/c15-12-6-3-10(7-13(12)17)14(18)19-8-9-1-4-11(16)5-2-9/h1-7H,8,17H2. The third-order valence-electron chi connectivity index (χ3n) is 2.51. The second-order valence-corrected chi connectivity index (χ2v) is 4.35. The Morgan fingerprint density at radius 1 is 1.21 bits per heavy atom. The van der Waals surface area contributed by atoms with Crippen molar-refractivity contribution in [1.82, 2.24) is 0 Å². The van der Waals surface area contributed by atoms with E-state index in [4.69, 9.17) is 22.1 Å². The van der Waals surface area contributed by atoms with Crippen LogP contribution in [-0.2, 0) is 11.3 Å². The number of nitrogens with two attached hydrogens (primary N) is 1. The maximum atomic E-state index is 12.7. The van der Waals surface area contributed by atoms with Crippen LogP contribution in [0.5, 0.6) is 0 Å². The van der Waals surface area contributed by atoms with Gasteiger partial charge in [0.2, 0.25) is 0 Å². The van der Waals surface area contributed by atoms with Crippen molar-refractivity contribution in [3.8, 4) is 0 Å². The molecule has 0 aliphatic carbocycles. The van der Waals surface area contributed by atoms with Gasteiger partial charge in [-0.25, -0.2) is 9.18 Å². The molecule has 2 aromatic rings. The summed E-state index contributed by atoms with van der Waals surface area (Å²) >= 11 is 5.76. The highest BCUT2D eigenvalue weighted by Gasteiger charge is 2.09. The molecule has 0 fully saturated rings. The molecule has 0 aromatic heterocycles. The van der Waals surface area contributed by atoms with Gasteiger partial charge in [0.15, 0.2) is 0 Å².